The Morgan fingerprint density at radius 3 is 2.75 bits per heavy atom. The Kier molecular flexibility index (Phi) is 2.82. The Morgan fingerprint density at radius 2 is 1.95 bits per heavy atom. The quantitative estimate of drug-likeness (QED) is 0.726. The molecular weight excluding hydrogens is 252 g/mol. The van der Waals surface area contributed by atoms with Crippen LogP contribution in [0.1, 0.15) is 11.1 Å². The van der Waals surface area contributed by atoms with Gasteiger partial charge in [0.05, 0.1) is 11.8 Å². The summed E-state index contributed by atoms with van der Waals surface area (Å²) in [7, 11) is 1.94. The van der Waals surface area contributed by atoms with Crippen molar-refractivity contribution in [3.05, 3.63) is 41.9 Å². The highest BCUT2D eigenvalue weighted by atomic mass is 16.5. The van der Waals surface area contributed by atoms with E-state index in [0.29, 0.717) is 17.3 Å². The van der Waals surface area contributed by atoms with Crippen molar-refractivity contribution in [2.75, 3.05) is 5.73 Å². The van der Waals surface area contributed by atoms with Crippen molar-refractivity contribution < 1.29 is 4.74 Å². The first-order valence-corrected chi connectivity index (χ1v) is 6.37. The summed E-state index contributed by atoms with van der Waals surface area (Å²) in [5.74, 6) is 1.20. The third-order valence-electron chi connectivity index (χ3n) is 3.38. The van der Waals surface area contributed by atoms with Gasteiger partial charge < -0.3 is 15.0 Å². The number of hydrogen-bond donors (Lipinski definition) is 1. The number of benzene rings is 1. The number of hydrogen-bond acceptors (Lipinski definition) is 4. The molecule has 0 bridgehead atoms. The minimum absolute atomic E-state index is 0.495. The lowest BCUT2D eigenvalue weighted by molar-refractivity contribution is 0.465. The molecule has 0 unspecified atom stereocenters. The van der Waals surface area contributed by atoms with Crippen LogP contribution < -0.4 is 10.5 Å². The van der Waals surface area contributed by atoms with E-state index < -0.39 is 0 Å². The largest absolute Gasteiger partial charge is 0.437 e. The maximum Gasteiger partial charge on any atom is 0.247 e. The second-order valence-electron chi connectivity index (χ2n) is 4.92. The average Bonchev–Trinajstić information content (AvgIpc) is 2.79. The van der Waals surface area contributed by atoms with Crippen LogP contribution in [0.25, 0.3) is 11.0 Å². The van der Waals surface area contributed by atoms with Crippen LogP contribution in [0.5, 0.6) is 11.6 Å². The second kappa shape index (κ2) is 4.52. The number of aryl methyl sites for hydroxylation is 3. The van der Waals surface area contributed by atoms with Crippen molar-refractivity contribution >= 4 is 16.7 Å². The number of aromatic nitrogens is 3. The van der Waals surface area contributed by atoms with E-state index in [9.17, 15) is 0 Å². The lowest BCUT2D eigenvalue weighted by atomic mass is 10.1. The van der Waals surface area contributed by atoms with E-state index in [-0.39, 0.29) is 0 Å². The van der Waals surface area contributed by atoms with Crippen LogP contribution in [-0.2, 0) is 7.05 Å². The highest BCUT2D eigenvalue weighted by Crippen LogP contribution is 2.31. The first-order valence-electron chi connectivity index (χ1n) is 6.37. The Bertz CT molecular complexity index is 792. The summed E-state index contributed by atoms with van der Waals surface area (Å²) in [5, 5.41) is 0. The number of nitrogens with two attached hydrogens (primary N) is 1. The van der Waals surface area contributed by atoms with Crippen molar-refractivity contribution in [1.29, 1.82) is 0 Å². The summed E-state index contributed by atoms with van der Waals surface area (Å²) in [6, 6.07) is 5.74. The first kappa shape index (κ1) is 12.5. The number of rotatable bonds is 2. The third-order valence-corrected chi connectivity index (χ3v) is 3.38. The number of fused-ring (bicyclic) bond motifs is 1. The van der Waals surface area contributed by atoms with Gasteiger partial charge in [0, 0.05) is 25.0 Å². The molecule has 0 spiro atoms. The molecule has 2 heterocycles. The van der Waals surface area contributed by atoms with E-state index in [1.165, 1.54) is 0 Å². The Morgan fingerprint density at radius 1 is 1.15 bits per heavy atom. The van der Waals surface area contributed by atoms with Crippen LogP contribution in [0.3, 0.4) is 0 Å². The van der Waals surface area contributed by atoms with E-state index in [2.05, 4.69) is 9.97 Å². The molecule has 102 valence electrons. The summed E-state index contributed by atoms with van der Waals surface area (Å²) in [6.07, 6.45) is 3.46. The number of pyridine rings is 1. The van der Waals surface area contributed by atoms with Crippen molar-refractivity contribution in [2.24, 2.45) is 7.05 Å². The third kappa shape index (κ3) is 1.97. The van der Waals surface area contributed by atoms with Gasteiger partial charge in [-0.3, -0.25) is 0 Å². The Balaban J connectivity index is 2.08. The van der Waals surface area contributed by atoms with Gasteiger partial charge in [-0.25, -0.2) is 9.97 Å². The molecule has 0 aliphatic rings. The van der Waals surface area contributed by atoms with E-state index >= 15 is 0 Å². The molecular formula is C15H16N4O. The average molecular weight is 268 g/mol. The zero-order valence-electron chi connectivity index (χ0n) is 11.7. The molecule has 3 rings (SSSR count). The maximum absolute atomic E-state index is 5.94. The van der Waals surface area contributed by atoms with Crippen LogP contribution >= 0.6 is 0 Å². The van der Waals surface area contributed by atoms with E-state index in [1.54, 1.807) is 12.5 Å². The SMILES string of the molecule is Cc1cc(C)c(Oc2nccc3c2ncn3C)cc1N. The zero-order chi connectivity index (χ0) is 14.3. The van der Waals surface area contributed by atoms with Crippen LogP contribution in [0.2, 0.25) is 0 Å². The Hall–Kier alpha value is -2.56. The molecule has 3 aromatic rings. The maximum atomic E-state index is 5.94. The first-order chi connectivity index (χ1) is 9.56. The fourth-order valence-corrected chi connectivity index (χ4v) is 2.17. The summed E-state index contributed by atoms with van der Waals surface area (Å²) < 4.78 is 7.84. The molecule has 0 amide bonds. The van der Waals surface area contributed by atoms with E-state index in [1.807, 2.05) is 43.7 Å². The molecule has 0 aliphatic heterocycles. The van der Waals surface area contributed by atoms with Crippen molar-refractivity contribution in [3.8, 4) is 11.6 Å². The molecule has 2 aromatic heterocycles. The van der Waals surface area contributed by atoms with Gasteiger partial charge in [-0.05, 0) is 31.0 Å². The number of nitrogen functional groups attached to an aromatic ring is 1. The summed E-state index contributed by atoms with van der Waals surface area (Å²) >= 11 is 0. The van der Waals surface area contributed by atoms with Crippen molar-refractivity contribution in [1.82, 2.24) is 14.5 Å². The monoisotopic (exact) mass is 268 g/mol. The van der Waals surface area contributed by atoms with Crippen LogP contribution in [-0.4, -0.2) is 14.5 Å². The van der Waals surface area contributed by atoms with Crippen molar-refractivity contribution in [3.63, 3.8) is 0 Å². The zero-order valence-corrected chi connectivity index (χ0v) is 11.7. The molecule has 0 atom stereocenters. The smallest absolute Gasteiger partial charge is 0.247 e. The number of ether oxygens (including phenoxy) is 1. The Labute approximate surface area is 117 Å². The number of nitrogens with zero attached hydrogens (tertiary/aromatic N) is 3. The van der Waals surface area contributed by atoms with Crippen LogP contribution in [0.15, 0.2) is 30.7 Å². The number of anilines is 1. The summed E-state index contributed by atoms with van der Waals surface area (Å²) in [4.78, 5) is 8.60. The number of imidazole rings is 1. The molecule has 5 nitrogen and oxygen atoms in total. The standard InChI is InChI=1S/C15H16N4O/c1-9-6-10(2)13(7-11(9)16)20-15-14-12(4-5-17-15)19(3)8-18-14/h4-8H,16H2,1-3H3. The summed E-state index contributed by atoms with van der Waals surface area (Å²) in [6.45, 7) is 3.96. The molecule has 0 fully saturated rings. The van der Waals surface area contributed by atoms with E-state index in [0.717, 1.165) is 22.2 Å². The molecule has 5 heteroatoms. The molecule has 0 aliphatic carbocycles. The molecule has 0 saturated carbocycles. The molecule has 2 N–H and O–H groups in total. The molecule has 20 heavy (non-hydrogen) atoms. The van der Waals surface area contributed by atoms with Gasteiger partial charge in [0.25, 0.3) is 0 Å². The van der Waals surface area contributed by atoms with Gasteiger partial charge in [-0.15, -0.1) is 0 Å². The van der Waals surface area contributed by atoms with Gasteiger partial charge in [-0.2, -0.15) is 0 Å². The van der Waals surface area contributed by atoms with Crippen molar-refractivity contribution in [2.45, 2.75) is 13.8 Å². The van der Waals surface area contributed by atoms with Gasteiger partial charge in [0.1, 0.15) is 5.75 Å². The highest BCUT2D eigenvalue weighted by Gasteiger charge is 2.11. The highest BCUT2D eigenvalue weighted by molar-refractivity contribution is 5.80. The van der Waals surface area contributed by atoms with Gasteiger partial charge in [0.2, 0.25) is 5.88 Å². The van der Waals surface area contributed by atoms with Gasteiger partial charge in [-0.1, -0.05) is 6.07 Å². The van der Waals surface area contributed by atoms with Crippen LogP contribution in [0.4, 0.5) is 5.69 Å². The minimum atomic E-state index is 0.495. The second-order valence-corrected chi connectivity index (χ2v) is 4.92. The lowest BCUT2D eigenvalue weighted by Crippen LogP contribution is -1.96. The van der Waals surface area contributed by atoms with Gasteiger partial charge in [0.15, 0.2) is 5.52 Å². The predicted octanol–water partition coefficient (Wildman–Crippen LogP) is 2.96. The topological polar surface area (TPSA) is 66.0 Å². The predicted molar refractivity (Wildman–Crippen MR) is 78.9 cm³/mol. The van der Waals surface area contributed by atoms with E-state index in [4.69, 9.17) is 10.5 Å². The minimum Gasteiger partial charge on any atom is -0.437 e. The molecule has 0 radical (unpaired) electrons. The van der Waals surface area contributed by atoms with Gasteiger partial charge >= 0.3 is 0 Å². The van der Waals surface area contributed by atoms with Crippen LogP contribution in [0, 0.1) is 13.8 Å². The summed E-state index contributed by atoms with van der Waals surface area (Å²) in [5.41, 5.74) is 10.4. The molecule has 0 saturated heterocycles. The molecule has 1 aromatic carbocycles. The fraction of sp³-hybridized carbons (Fsp3) is 0.200. The fourth-order valence-electron chi connectivity index (χ4n) is 2.17. The normalized spacial score (nSPS) is 10.9. The lowest BCUT2D eigenvalue weighted by Gasteiger charge is -2.10.